The number of carbonyl (C=O) groups is 2. The van der Waals surface area contributed by atoms with E-state index >= 15 is 0 Å². The summed E-state index contributed by atoms with van der Waals surface area (Å²) in [6, 6.07) is 0. The number of oxazole rings is 1. The van der Waals surface area contributed by atoms with Crippen LogP contribution in [0.25, 0.3) is 0 Å². The maximum atomic E-state index is 12.7. The summed E-state index contributed by atoms with van der Waals surface area (Å²) in [5.41, 5.74) is -0.550. The Morgan fingerprint density at radius 1 is 1.38 bits per heavy atom. The van der Waals surface area contributed by atoms with Gasteiger partial charge in [0.25, 0.3) is 0 Å². The number of rotatable bonds is 5. The Morgan fingerprint density at radius 2 is 2.17 bits per heavy atom. The quantitative estimate of drug-likeness (QED) is 0.694. The summed E-state index contributed by atoms with van der Waals surface area (Å²) in [6.45, 7) is 8.33. The molecule has 0 bridgehead atoms. The number of hydrogen-bond acceptors (Lipinski definition) is 8. The zero-order valence-corrected chi connectivity index (χ0v) is 18.7. The molecule has 3 rings (SSSR count). The zero-order valence-electron chi connectivity index (χ0n) is 17.1. The van der Waals surface area contributed by atoms with Gasteiger partial charge < -0.3 is 19.4 Å². The second kappa shape index (κ2) is 9.17. The molecule has 3 heterocycles. The maximum Gasteiger partial charge on any atom is 0.410 e. The first-order valence-electron chi connectivity index (χ1n) is 9.48. The van der Waals surface area contributed by atoms with Crippen molar-refractivity contribution in [3.63, 3.8) is 0 Å². The minimum Gasteiger partial charge on any atom is -0.445 e. The van der Waals surface area contributed by atoms with Crippen LogP contribution < -0.4 is 5.32 Å². The SMILES string of the molecule is Cc1cnc(CSc2cnc(NC(=O)C3CCCN(C(=O)OC(C)(C)C)C3)s2)o1. The number of thioether (sulfide) groups is 1. The lowest BCUT2D eigenvalue weighted by Crippen LogP contribution is -2.45. The number of aryl methyl sites for hydroxylation is 1. The molecule has 1 saturated heterocycles. The van der Waals surface area contributed by atoms with Gasteiger partial charge in [-0.3, -0.25) is 4.79 Å². The van der Waals surface area contributed by atoms with E-state index in [-0.39, 0.29) is 17.9 Å². The number of anilines is 1. The topological polar surface area (TPSA) is 97.6 Å². The molecule has 0 aliphatic carbocycles. The van der Waals surface area contributed by atoms with Crippen LogP contribution in [0.4, 0.5) is 9.93 Å². The van der Waals surface area contributed by atoms with Gasteiger partial charge in [-0.1, -0.05) is 11.3 Å². The van der Waals surface area contributed by atoms with Crippen LogP contribution in [-0.2, 0) is 15.3 Å². The molecule has 8 nitrogen and oxygen atoms in total. The van der Waals surface area contributed by atoms with Crippen LogP contribution >= 0.6 is 23.1 Å². The van der Waals surface area contributed by atoms with Crippen LogP contribution in [0.1, 0.15) is 45.3 Å². The van der Waals surface area contributed by atoms with Crippen molar-refractivity contribution < 1.29 is 18.7 Å². The van der Waals surface area contributed by atoms with Crippen molar-refractivity contribution in [3.05, 3.63) is 24.0 Å². The molecule has 1 unspecified atom stereocenters. The first-order chi connectivity index (χ1) is 13.7. The highest BCUT2D eigenvalue weighted by molar-refractivity contribution is 8.00. The van der Waals surface area contributed by atoms with Gasteiger partial charge in [0, 0.05) is 13.1 Å². The zero-order chi connectivity index (χ0) is 21.0. The summed E-state index contributed by atoms with van der Waals surface area (Å²) >= 11 is 2.97. The predicted octanol–water partition coefficient (Wildman–Crippen LogP) is 4.32. The molecule has 2 aromatic rings. The number of hydrogen-bond donors (Lipinski definition) is 1. The molecule has 1 N–H and O–H groups in total. The summed E-state index contributed by atoms with van der Waals surface area (Å²) in [4.78, 5) is 35.0. The van der Waals surface area contributed by atoms with Gasteiger partial charge in [0.1, 0.15) is 11.4 Å². The van der Waals surface area contributed by atoms with Crippen LogP contribution in [0.3, 0.4) is 0 Å². The van der Waals surface area contributed by atoms with Crippen molar-refractivity contribution in [2.45, 2.75) is 56.1 Å². The van der Waals surface area contributed by atoms with Crippen LogP contribution in [0.15, 0.2) is 21.0 Å². The second-order valence-electron chi connectivity index (χ2n) is 7.89. The van der Waals surface area contributed by atoms with Gasteiger partial charge in [0.05, 0.1) is 28.3 Å². The number of nitrogens with zero attached hydrogens (tertiary/aromatic N) is 3. The van der Waals surface area contributed by atoms with E-state index in [1.54, 1.807) is 29.1 Å². The normalized spacial score (nSPS) is 17.2. The van der Waals surface area contributed by atoms with Gasteiger partial charge in [0.2, 0.25) is 11.8 Å². The number of ether oxygens (including phenoxy) is 1. The Labute approximate surface area is 178 Å². The molecular formula is C19H26N4O4S2. The van der Waals surface area contributed by atoms with Crippen molar-refractivity contribution in [3.8, 4) is 0 Å². The fourth-order valence-corrected chi connectivity index (χ4v) is 4.60. The summed E-state index contributed by atoms with van der Waals surface area (Å²) < 4.78 is 11.8. The molecule has 29 heavy (non-hydrogen) atoms. The lowest BCUT2D eigenvalue weighted by atomic mass is 9.97. The average molecular weight is 439 g/mol. The number of nitrogens with one attached hydrogen (secondary N) is 1. The van der Waals surface area contributed by atoms with E-state index in [0.717, 1.165) is 22.8 Å². The van der Waals surface area contributed by atoms with E-state index in [1.807, 2.05) is 27.7 Å². The van der Waals surface area contributed by atoms with Crippen LogP contribution in [-0.4, -0.2) is 45.6 Å². The molecule has 2 aromatic heterocycles. The van der Waals surface area contributed by atoms with Crippen LogP contribution in [0.2, 0.25) is 0 Å². The standard InChI is InChI=1S/C19H26N4O4S2/c1-12-8-20-14(26-12)11-28-15-9-21-17(29-15)22-16(24)13-6-5-7-23(10-13)18(25)27-19(2,3)4/h8-9,13H,5-7,10-11H2,1-4H3,(H,21,22,24). The molecule has 0 saturated carbocycles. The van der Waals surface area contributed by atoms with Crippen LogP contribution in [0.5, 0.6) is 0 Å². The Morgan fingerprint density at radius 3 is 2.86 bits per heavy atom. The third kappa shape index (κ3) is 6.46. The van der Waals surface area contributed by atoms with E-state index in [9.17, 15) is 9.59 Å². The average Bonchev–Trinajstić information content (AvgIpc) is 3.27. The van der Waals surface area contributed by atoms with Crippen molar-refractivity contribution in [2.75, 3.05) is 18.4 Å². The molecule has 10 heteroatoms. The number of likely N-dealkylation sites (tertiary alicyclic amines) is 1. The Kier molecular flexibility index (Phi) is 6.84. The maximum absolute atomic E-state index is 12.7. The van der Waals surface area contributed by atoms with Crippen molar-refractivity contribution in [1.82, 2.24) is 14.9 Å². The first-order valence-corrected chi connectivity index (χ1v) is 11.3. The number of thiazole rings is 1. The lowest BCUT2D eigenvalue weighted by molar-refractivity contribution is -0.121. The fraction of sp³-hybridized carbons (Fsp3) is 0.579. The van der Waals surface area contributed by atoms with Crippen molar-refractivity contribution in [1.29, 1.82) is 0 Å². The fourth-order valence-electron chi connectivity index (χ4n) is 2.88. The molecule has 158 valence electrons. The van der Waals surface area contributed by atoms with E-state index < -0.39 is 5.60 Å². The van der Waals surface area contributed by atoms with E-state index in [4.69, 9.17) is 9.15 Å². The molecule has 2 amide bonds. The second-order valence-corrected chi connectivity index (χ2v) is 10.2. The summed E-state index contributed by atoms with van der Waals surface area (Å²) in [5, 5.41) is 3.43. The third-order valence-electron chi connectivity index (χ3n) is 4.17. The summed E-state index contributed by atoms with van der Waals surface area (Å²) in [7, 11) is 0. The van der Waals surface area contributed by atoms with Gasteiger partial charge in [-0.05, 0) is 40.5 Å². The number of carbonyl (C=O) groups excluding carboxylic acids is 2. The van der Waals surface area contributed by atoms with Gasteiger partial charge in [-0.15, -0.1) is 11.8 Å². The monoisotopic (exact) mass is 438 g/mol. The van der Waals surface area contributed by atoms with E-state index in [2.05, 4.69) is 15.3 Å². The molecule has 1 aliphatic rings. The van der Waals surface area contributed by atoms with Gasteiger partial charge in [-0.25, -0.2) is 14.8 Å². The molecule has 1 aliphatic heterocycles. The van der Waals surface area contributed by atoms with E-state index in [0.29, 0.717) is 29.9 Å². The smallest absolute Gasteiger partial charge is 0.410 e. The number of amides is 2. The highest BCUT2D eigenvalue weighted by atomic mass is 32.2. The molecule has 1 atom stereocenters. The molecule has 1 fully saturated rings. The van der Waals surface area contributed by atoms with Crippen molar-refractivity contribution in [2.24, 2.45) is 5.92 Å². The number of piperidine rings is 1. The molecule has 0 radical (unpaired) electrons. The minimum atomic E-state index is -0.550. The molecule has 0 spiro atoms. The van der Waals surface area contributed by atoms with Crippen molar-refractivity contribution >= 4 is 40.2 Å². The van der Waals surface area contributed by atoms with Gasteiger partial charge >= 0.3 is 6.09 Å². The van der Waals surface area contributed by atoms with Gasteiger partial charge in [0.15, 0.2) is 5.13 Å². The first kappa shape index (κ1) is 21.6. The Balaban J connectivity index is 1.50. The molecule has 0 aromatic carbocycles. The Bertz CT molecular complexity index is 859. The summed E-state index contributed by atoms with van der Waals surface area (Å²) in [6.07, 6.45) is 4.56. The summed E-state index contributed by atoms with van der Waals surface area (Å²) in [5.74, 6) is 1.66. The highest BCUT2D eigenvalue weighted by Crippen LogP contribution is 2.31. The van der Waals surface area contributed by atoms with Crippen LogP contribution in [0, 0.1) is 12.8 Å². The highest BCUT2D eigenvalue weighted by Gasteiger charge is 2.31. The van der Waals surface area contributed by atoms with E-state index in [1.165, 1.54) is 11.3 Å². The number of aromatic nitrogens is 2. The third-order valence-corrected chi connectivity index (χ3v) is 6.26. The lowest BCUT2D eigenvalue weighted by Gasteiger charge is -2.33. The minimum absolute atomic E-state index is 0.118. The van der Waals surface area contributed by atoms with Gasteiger partial charge in [-0.2, -0.15) is 0 Å². The predicted molar refractivity (Wildman–Crippen MR) is 112 cm³/mol. The Hall–Kier alpha value is -2.07. The molecular weight excluding hydrogens is 412 g/mol. The largest absolute Gasteiger partial charge is 0.445 e.